The molecule has 0 radical (unpaired) electrons. The fourth-order valence-corrected chi connectivity index (χ4v) is 2.78. The molecule has 2 aromatic heterocycles. The topological polar surface area (TPSA) is 93.2 Å². The quantitative estimate of drug-likeness (QED) is 0.616. The number of benzene rings is 1. The van der Waals surface area contributed by atoms with Crippen molar-refractivity contribution >= 4 is 11.8 Å². The Morgan fingerprint density at radius 1 is 0.931 bits per heavy atom. The van der Waals surface area contributed by atoms with Crippen molar-refractivity contribution in [2.24, 2.45) is 0 Å². The third-order valence-electron chi connectivity index (χ3n) is 4.28. The van der Waals surface area contributed by atoms with E-state index >= 15 is 0 Å². The second-order valence-electron chi connectivity index (χ2n) is 6.25. The maximum atomic E-state index is 12.4. The lowest BCUT2D eigenvalue weighted by molar-refractivity contribution is 0.0945. The van der Waals surface area contributed by atoms with Crippen molar-refractivity contribution in [1.82, 2.24) is 20.6 Å². The lowest BCUT2D eigenvalue weighted by atomic mass is 10.1. The summed E-state index contributed by atoms with van der Waals surface area (Å²) in [6.45, 7) is 0.736. The number of nitrogens with zero attached hydrogens (tertiary/aromatic N) is 2. The van der Waals surface area contributed by atoms with Crippen LogP contribution in [0, 0.1) is 0 Å². The highest BCUT2D eigenvalue weighted by molar-refractivity contribution is 5.98. The maximum absolute atomic E-state index is 12.4. The van der Waals surface area contributed by atoms with Gasteiger partial charge in [0.15, 0.2) is 0 Å². The van der Waals surface area contributed by atoms with Gasteiger partial charge in [0.1, 0.15) is 11.4 Å². The number of methoxy groups -OCH3 is 1. The van der Waals surface area contributed by atoms with Gasteiger partial charge in [0.25, 0.3) is 11.8 Å². The molecule has 0 atom stereocenters. The SMILES string of the molecule is COc1ccccc1CCNC(=O)c1ccnc(C(=O)NCc2ccccn2)c1. The van der Waals surface area contributed by atoms with Gasteiger partial charge in [0.2, 0.25) is 0 Å². The highest BCUT2D eigenvalue weighted by Gasteiger charge is 2.12. The van der Waals surface area contributed by atoms with E-state index in [0.29, 0.717) is 18.5 Å². The van der Waals surface area contributed by atoms with Crippen molar-refractivity contribution < 1.29 is 14.3 Å². The molecule has 3 aromatic rings. The first-order chi connectivity index (χ1) is 14.2. The molecule has 2 amide bonds. The summed E-state index contributed by atoms with van der Waals surface area (Å²) in [7, 11) is 1.62. The molecule has 29 heavy (non-hydrogen) atoms. The van der Waals surface area contributed by atoms with E-state index in [1.165, 1.54) is 12.3 Å². The lowest BCUT2D eigenvalue weighted by Crippen LogP contribution is -2.27. The lowest BCUT2D eigenvalue weighted by Gasteiger charge is -2.09. The Bertz CT molecular complexity index is 977. The zero-order valence-electron chi connectivity index (χ0n) is 16.1. The number of hydrogen-bond acceptors (Lipinski definition) is 5. The number of pyridine rings is 2. The zero-order valence-corrected chi connectivity index (χ0v) is 16.1. The summed E-state index contributed by atoms with van der Waals surface area (Å²) in [5.41, 5.74) is 2.31. The number of amides is 2. The standard InChI is InChI=1S/C22H22N4O3/c1-29-20-8-3-2-6-16(20)9-13-25-21(27)17-10-12-24-19(14-17)22(28)26-15-18-7-4-5-11-23-18/h2-8,10-12,14H,9,13,15H2,1H3,(H,25,27)(H,26,28). The van der Waals surface area contributed by atoms with Crippen molar-refractivity contribution in [1.29, 1.82) is 0 Å². The Labute approximate surface area is 169 Å². The first-order valence-corrected chi connectivity index (χ1v) is 9.21. The summed E-state index contributed by atoms with van der Waals surface area (Å²) in [6.07, 6.45) is 3.75. The molecule has 148 valence electrons. The normalized spacial score (nSPS) is 10.2. The molecule has 0 spiro atoms. The molecule has 0 aliphatic carbocycles. The van der Waals surface area contributed by atoms with Crippen molar-refractivity contribution in [3.05, 3.63) is 89.5 Å². The van der Waals surface area contributed by atoms with Crippen molar-refractivity contribution in [2.75, 3.05) is 13.7 Å². The minimum absolute atomic E-state index is 0.179. The van der Waals surface area contributed by atoms with Gasteiger partial charge >= 0.3 is 0 Å². The predicted octanol–water partition coefficient (Wildman–Crippen LogP) is 2.39. The molecule has 0 bridgehead atoms. The Morgan fingerprint density at radius 2 is 1.76 bits per heavy atom. The average molecular weight is 390 g/mol. The van der Waals surface area contributed by atoms with Crippen LogP contribution in [0.15, 0.2) is 67.0 Å². The molecular weight excluding hydrogens is 368 g/mol. The van der Waals surface area contributed by atoms with Gasteiger partial charge in [-0.05, 0) is 42.3 Å². The van der Waals surface area contributed by atoms with Crippen LogP contribution in [-0.2, 0) is 13.0 Å². The van der Waals surface area contributed by atoms with Crippen LogP contribution in [0.5, 0.6) is 5.75 Å². The van der Waals surface area contributed by atoms with Gasteiger partial charge < -0.3 is 15.4 Å². The van der Waals surface area contributed by atoms with Gasteiger partial charge in [-0.15, -0.1) is 0 Å². The van der Waals surface area contributed by atoms with Crippen LogP contribution in [0.1, 0.15) is 32.1 Å². The third kappa shape index (κ3) is 5.62. The van der Waals surface area contributed by atoms with Crippen LogP contribution in [-0.4, -0.2) is 35.4 Å². The minimum Gasteiger partial charge on any atom is -0.496 e. The molecule has 0 aliphatic rings. The number of ether oxygens (including phenoxy) is 1. The largest absolute Gasteiger partial charge is 0.496 e. The number of nitrogens with one attached hydrogen (secondary N) is 2. The Balaban J connectivity index is 1.55. The molecule has 2 heterocycles. The van der Waals surface area contributed by atoms with Gasteiger partial charge in [-0.25, -0.2) is 0 Å². The highest BCUT2D eigenvalue weighted by atomic mass is 16.5. The first-order valence-electron chi connectivity index (χ1n) is 9.21. The summed E-state index contributed by atoms with van der Waals surface area (Å²) < 4.78 is 5.31. The van der Waals surface area contributed by atoms with E-state index < -0.39 is 0 Å². The maximum Gasteiger partial charge on any atom is 0.270 e. The number of carbonyl (C=O) groups is 2. The first kappa shape index (κ1) is 20.0. The monoisotopic (exact) mass is 390 g/mol. The predicted molar refractivity (Wildman–Crippen MR) is 109 cm³/mol. The van der Waals surface area contributed by atoms with E-state index in [0.717, 1.165) is 17.0 Å². The van der Waals surface area contributed by atoms with E-state index in [1.807, 2.05) is 42.5 Å². The van der Waals surface area contributed by atoms with E-state index in [1.54, 1.807) is 19.4 Å². The molecule has 0 saturated heterocycles. The van der Waals surface area contributed by atoms with Crippen LogP contribution < -0.4 is 15.4 Å². The molecule has 2 N–H and O–H groups in total. The van der Waals surface area contributed by atoms with Crippen LogP contribution in [0.3, 0.4) is 0 Å². The van der Waals surface area contributed by atoms with Crippen LogP contribution >= 0.6 is 0 Å². The van der Waals surface area contributed by atoms with Crippen LogP contribution in [0.25, 0.3) is 0 Å². The molecule has 7 heteroatoms. The molecule has 0 fully saturated rings. The van der Waals surface area contributed by atoms with E-state index in [2.05, 4.69) is 20.6 Å². The Kier molecular flexibility index (Phi) is 6.89. The average Bonchev–Trinajstić information content (AvgIpc) is 2.78. The van der Waals surface area contributed by atoms with Gasteiger partial charge in [0.05, 0.1) is 19.3 Å². The molecule has 0 saturated carbocycles. The van der Waals surface area contributed by atoms with Crippen LogP contribution in [0.2, 0.25) is 0 Å². The van der Waals surface area contributed by atoms with Gasteiger partial charge in [0, 0.05) is 24.5 Å². The van der Waals surface area contributed by atoms with Gasteiger partial charge in [-0.2, -0.15) is 0 Å². The van der Waals surface area contributed by atoms with Crippen molar-refractivity contribution in [3.8, 4) is 5.75 Å². The number of aromatic nitrogens is 2. The number of hydrogen-bond donors (Lipinski definition) is 2. The van der Waals surface area contributed by atoms with E-state index in [9.17, 15) is 9.59 Å². The Hall–Kier alpha value is -3.74. The highest BCUT2D eigenvalue weighted by Crippen LogP contribution is 2.17. The minimum atomic E-state index is -0.362. The third-order valence-corrected chi connectivity index (χ3v) is 4.28. The van der Waals surface area contributed by atoms with E-state index in [4.69, 9.17) is 4.74 Å². The van der Waals surface area contributed by atoms with Crippen LogP contribution in [0.4, 0.5) is 0 Å². The molecule has 0 unspecified atom stereocenters. The zero-order chi connectivity index (χ0) is 20.5. The summed E-state index contributed by atoms with van der Waals surface area (Å²) in [5, 5.41) is 5.61. The summed E-state index contributed by atoms with van der Waals surface area (Å²) in [6, 6.07) is 16.2. The molecule has 0 aliphatic heterocycles. The molecule has 1 aromatic carbocycles. The molecular formula is C22H22N4O3. The van der Waals surface area contributed by atoms with Gasteiger partial charge in [-0.3, -0.25) is 19.6 Å². The Morgan fingerprint density at radius 3 is 2.55 bits per heavy atom. The number of carbonyl (C=O) groups excluding carboxylic acids is 2. The summed E-state index contributed by atoms with van der Waals surface area (Å²) in [4.78, 5) is 33.0. The molecule has 7 nitrogen and oxygen atoms in total. The van der Waals surface area contributed by atoms with Gasteiger partial charge in [-0.1, -0.05) is 24.3 Å². The van der Waals surface area contributed by atoms with E-state index in [-0.39, 0.29) is 24.1 Å². The summed E-state index contributed by atoms with van der Waals surface area (Å²) in [5.74, 6) is 0.165. The van der Waals surface area contributed by atoms with Crippen molar-refractivity contribution in [3.63, 3.8) is 0 Å². The fourth-order valence-electron chi connectivity index (χ4n) is 2.78. The fraction of sp³-hybridized carbons (Fsp3) is 0.182. The molecule has 3 rings (SSSR count). The second-order valence-corrected chi connectivity index (χ2v) is 6.25. The number of rotatable bonds is 8. The summed E-state index contributed by atoms with van der Waals surface area (Å²) >= 11 is 0. The second kappa shape index (κ2) is 9.98. The smallest absolute Gasteiger partial charge is 0.270 e. The van der Waals surface area contributed by atoms with Crippen molar-refractivity contribution in [2.45, 2.75) is 13.0 Å². The number of para-hydroxylation sites is 1.